The highest BCUT2D eigenvalue weighted by atomic mass is 79.9. The van der Waals surface area contributed by atoms with Crippen molar-refractivity contribution < 1.29 is 19.0 Å². The van der Waals surface area contributed by atoms with Gasteiger partial charge in [-0.15, -0.1) is 0 Å². The van der Waals surface area contributed by atoms with Crippen molar-refractivity contribution >= 4 is 28.1 Å². The van der Waals surface area contributed by atoms with E-state index >= 15 is 0 Å². The van der Waals surface area contributed by atoms with Crippen LogP contribution in [-0.4, -0.2) is 25.3 Å². The summed E-state index contributed by atoms with van der Waals surface area (Å²) in [5, 5.41) is 3.98. The average Bonchev–Trinajstić information content (AvgIpc) is 2.79. The van der Waals surface area contributed by atoms with Gasteiger partial charge in [0, 0.05) is 4.47 Å². The third-order valence-electron chi connectivity index (χ3n) is 4.09. The number of hydrazone groups is 1. The van der Waals surface area contributed by atoms with Gasteiger partial charge in [0.15, 0.2) is 18.1 Å². The van der Waals surface area contributed by atoms with Gasteiger partial charge in [-0.05, 0) is 60.5 Å². The van der Waals surface area contributed by atoms with E-state index in [9.17, 15) is 4.79 Å². The van der Waals surface area contributed by atoms with E-state index in [0.717, 1.165) is 15.6 Å². The van der Waals surface area contributed by atoms with Gasteiger partial charge >= 0.3 is 0 Å². The van der Waals surface area contributed by atoms with E-state index < -0.39 is 0 Å². The smallest absolute Gasteiger partial charge is 0.277 e. The summed E-state index contributed by atoms with van der Waals surface area (Å²) in [6.07, 6.45) is 1.54. The molecule has 0 aliphatic carbocycles. The van der Waals surface area contributed by atoms with Gasteiger partial charge in [0.05, 0.1) is 12.8 Å². The van der Waals surface area contributed by atoms with Crippen LogP contribution >= 0.6 is 15.9 Å². The highest BCUT2D eigenvalue weighted by Crippen LogP contribution is 2.29. The van der Waals surface area contributed by atoms with Gasteiger partial charge < -0.3 is 14.2 Å². The Balaban J connectivity index is 1.55. The molecule has 160 valence electrons. The molecular formula is C24H23BrN2O4. The highest BCUT2D eigenvalue weighted by molar-refractivity contribution is 9.10. The fourth-order valence-electron chi connectivity index (χ4n) is 2.61. The van der Waals surface area contributed by atoms with Crippen LogP contribution in [-0.2, 0) is 11.4 Å². The summed E-state index contributed by atoms with van der Waals surface area (Å²) in [6, 6.07) is 22.6. The van der Waals surface area contributed by atoms with Crippen molar-refractivity contribution in [1.82, 2.24) is 5.43 Å². The van der Waals surface area contributed by atoms with Crippen molar-refractivity contribution in [3.8, 4) is 17.2 Å². The van der Waals surface area contributed by atoms with Crippen molar-refractivity contribution in [2.24, 2.45) is 5.10 Å². The minimum absolute atomic E-state index is 0.117. The van der Waals surface area contributed by atoms with Gasteiger partial charge in [-0.1, -0.05) is 46.3 Å². The molecule has 0 spiro atoms. The Morgan fingerprint density at radius 2 is 1.74 bits per heavy atom. The molecule has 0 aliphatic heterocycles. The molecule has 0 radical (unpaired) electrons. The summed E-state index contributed by atoms with van der Waals surface area (Å²) in [5.41, 5.74) is 4.27. The zero-order valence-electron chi connectivity index (χ0n) is 17.1. The Hall–Kier alpha value is -3.32. The zero-order chi connectivity index (χ0) is 21.9. The fourth-order valence-corrected chi connectivity index (χ4v) is 2.88. The SMILES string of the molecule is CCOc1cc(/C=N\NC(=O)COc2ccccc2)ccc1OCc1ccc(Br)cc1. The predicted molar refractivity (Wildman–Crippen MR) is 124 cm³/mol. The van der Waals surface area contributed by atoms with Crippen LogP contribution in [0.4, 0.5) is 0 Å². The number of amides is 1. The van der Waals surface area contributed by atoms with E-state index in [1.807, 2.05) is 67.6 Å². The quantitative estimate of drug-likeness (QED) is 0.327. The maximum absolute atomic E-state index is 11.9. The van der Waals surface area contributed by atoms with Crippen molar-refractivity contribution in [2.45, 2.75) is 13.5 Å². The van der Waals surface area contributed by atoms with Crippen LogP contribution < -0.4 is 19.6 Å². The molecule has 0 atom stereocenters. The first kappa shape index (κ1) is 22.4. The van der Waals surface area contributed by atoms with Crippen molar-refractivity contribution in [1.29, 1.82) is 0 Å². The van der Waals surface area contributed by atoms with E-state index in [4.69, 9.17) is 14.2 Å². The molecule has 3 aromatic carbocycles. The number of nitrogens with one attached hydrogen (secondary N) is 1. The summed E-state index contributed by atoms with van der Waals surface area (Å²) in [7, 11) is 0. The van der Waals surface area contributed by atoms with Crippen molar-refractivity contribution in [2.75, 3.05) is 13.2 Å². The number of nitrogens with zero attached hydrogens (tertiary/aromatic N) is 1. The van der Waals surface area contributed by atoms with E-state index in [-0.39, 0.29) is 12.5 Å². The molecule has 3 rings (SSSR count). The Morgan fingerprint density at radius 1 is 0.968 bits per heavy atom. The largest absolute Gasteiger partial charge is 0.490 e. The summed E-state index contributed by atoms with van der Waals surface area (Å²) >= 11 is 3.42. The zero-order valence-corrected chi connectivity index (χ0v) is 18.7. The second kappa shape index (κ2) is 11.8. The van der Waals surface area contributed by atoms with Crippen LogP contribution in [0.3, 0.4) is 0 Å². The van der Waals surface area contributed by atoms with Gasteiger partial charge in [-0.3, -0.25) is 4.79 Å². The lowest BCUT2D eigenvalue weighted by Gasteiger charge is -2.12. The Bertz CT molecular complexity index is 1010. The number of hydrogen-bond acceptors (Lipinski definition) is 5. The summed E-state index contributed by atoms with van der Waals surface area (Å²) in [4.78, 5) is 11.9. The lowest BCUT2D eigenvalue weighted by molar-refractivity contribution is -0.123. The van der Waals surface area contributed by atoms with Crippen LogP contribution in [0.1, 0.15) is 18.1 Å². The van der Waals surface area contributed by atoms with Gasteiger partial charge in [0.2, 0.25) is 0 Å². The van der Waals surface area contributed by atoms with Crippen LogP contribution in [0.15, 0.2) is 82.4 Å². The minimum Gasteiger partial charge on any atom is -0.490 e. The lowest BCUT2D eigenvalue weighted by Crippen LogP contribution is -2.24. The first-order chi connectivity index (χ1) is 15.1. The maximum atomic E-state index is 11.9. The Kier molecular flexibility index (Phi) is 8.48. The number of benzene rings is 3. The van der Waals surface area contributed by atoms with Gasteiger partial charge in [0.1, 0.15) is 12.4 Å². The minimum atomic E-state index is -0.348. The number of rotatable bonds is 10. The maximum Gasteiger partial charge on any atom is 0.277 e. The molecular weight excluding hydrogens is 460 g/mol. The molecule has 0 aliphatic rings. The molecule has 0 bridgehead atoms. The molecule has 3 aromatic rings. The molecule has 0 saturated carbocycles. The normalized spacial score (nSPS) is 10.6. The van der Waals surface area contributed by atoms with E-state index in [0.29, 0.717) is 30.5 Å². The number of hydrogen-bond donors (Lipinski definition) is 1. The number of carbonyl (C=O) groups excluding carboxylic acids is 1. The van der Waals surface area contributed by atoms with E-state index in [1.54, 1.807) is 18.3 Å². The fraction of sp³-hybridized carbons (Fsp3) is 0.167. The topological polar surface area (TPSA) is 69.2 Å². The second-order valence-electron chi connectivity index (χ2n) is 6.45. The summed E-state index contributed by atoms with van der Waals surface area (Å²) < 4.78 is 18.0. The molecule has 7 heteroatoms. The molecule has 6 nitrogen and oxygen atoms in total. The summed E-state index contributed by atoms with van der Waals surface area (Å²) in [6.45, 7) is 2.72. The van der Waals surface area contributed by atoms with Crippen molar-refractivity contribution in [3.63, 3.8) is 0 Å². The predicted octanol–water partition coefficient (Wildman–Crippen LogP) is 4.96. The molecule has 0 heterocycles. The molecule has 0 unspecified atom stereocenters. The first-order valence-electron chi connectivity index (χ1n) is 9.78. The molecule has 31 heavy (non-hydrogen) atoms. The van der Waals surface area contributed by atoms with Crippen LogP contribution in [0.2, 0.25) is 0 Å². The number of ether oxygens (including phenoxy) is 3. The standard InChI is InChI=1S/C24H23BrN2O4/c1-2-29-23-14-19(10-13-22(23)31-16-18-8-11-20(25)12-9-18)15-26-27-24(28)17-30-21-6-4-3-5-7-21/h3-15H,2,16-17H2,1H3,(H,27,28)/b26-15-. The molecule has 0 aromatic heterocycles. The summed E-state index contributed by atoms with van der Waals surface area (Å²) in [5.74, 6) is 1.53. The Labute approximate surface area is 190 Å². The van der Waals surface area contributed by atoms with Gasteiger partial charge in [0.25, 0.3) is 5.91 Å². The third kappa shape index (κ3) is 7.46. The number of carbonyl (C=O) groups is 1. The second-order valence-corrected chi connectivity index (χ2v) is 7.36. The monoisotopic (exact) mass is 482 g/mol. The first-order valence-corrected chi connectivity index (χ1v) is 10.6. The highest BCUT2D eigenvalue weighted by Gasteiger charge is 2.07. The van der Waals surface area contributed by atoms with Crippen LogP contribution in [0.25, 0.3) is 0 Å². The lowest BCUT2D eigenvalue weighted by atomic mass is 10.2. The number of halogens is 1. The van der Waals surface area contributed by atoms with Crippen LogP contribution in [0.5, 0.6) is 17.2 Å². The average molecular weight is 483 g/mol. The van der Waals surface area contributed by atoms with Crippen LogP contribution in [0, 0.1) is 0 Å². The number of para-hydroxylation sites is 1. The Morgan fingerprint density at radius 3 is 2.48 bits per heavy atom. The third-order valence-corrected chi connectivity index (χ3v) is 4.62. The molecule has 0 saturated heterocycles. The molecule has 1 N–H and O–H groups in total. The van der Waals surface area contributed by atoms with Crippen molar-refractivity contribution in [3.05, 3.63) is 88.4 Å². The van der Waals surface area contributed by atoms with Gasteiger partial charge in [-0.25, -0.2) is 5.43 Å². The molecule has 1 amide bonds. The van der Waals surface area contributed by atoms with E-state index in [2.05, 4.69) is 26.5 Å². The molecule has 0 fully saturated rings. The van der Waals surface area contributed by atoms with E-state index in [1.165, 1.54) is 0 Å². The van der Waals surface area contributed by atoms with Gasteiger partial charge in [-0.2, -0.15) is 5.10 Å².